The molecule has 3 heteroatoms. The molecule has 2 N–H and O–H groups in total. The number of anilines is 1. The lowest BCUT2D eigenvalue weighted by atomic mass is 9.88. The van der Waals surface area contributed by atoms with Crippen LogP contribution in [-0.2, 0) is 0 Å². The van der Waals surface area contributed by atoms with Gasteiger partial charge in [-0.25, -0.2) is 9.97 Å². The van der Waals surface area contributed by atoms with Gasteiger partial charge in [0.25, 0.3) is 0 Å². The van der Waals surface area contributed by atoms with Gasteiger partial charge in [0.2, 0.25) is 0 Å². The summed E-state index contributed by atoms with van der Waals surface area (Å²) in [5, 5.41) is 0. The first-order valence-electron chi connectivity index (χ1n) is 9.28. The molecule has 3 aromatic rings. The minimum atomic E-state index is 0.558. The van der Waals surface area contributed by atoms with Gasteiger partial charge < -0.3 is 5.73 Å². The third-order valence-corrected chi connectivity index (χ3v) is 5.15. The number of allylic oxidation sites excluding steroid dienone is 4. The van der Waals surface area contributed by atoms with Crippen molar-refractivity contribution in [2.45, 2.75) is 20.3 Å². The Morgan fingerprint density at radius 3 is 2.04 bits per heavy atom. The Kier molecular flexibility index (Phi) is 4.59. The maximum absolute atomic E-state index is 5.79. The second kappa shape index (κ2) is 7.20. The molecule has 0 saturated carbocycles. The van der Waals surface area contributed by atoms with Crippen molar-refractivity contribution >= 4 is 11.3 Å². The van der Waals surface area contributed by atoms with Crippen LogP contribution in [0.4, 0.5) is 5.69 Å². The lowest BCUT2D eigenvalue weighted by Gasteiger charge is -2.19. The Morgan fingerprint density at radius 1 is 0.778 bits per heavy atom. The molecule has 0 amide bonds. The Hall–Kier alpha value is -3.20. The fourth-order valence-corrected chi connectivity index (χ4v) is 3.29. The molecule has 1 atom stereocenters. The Bertz CT molecular complexity index is 1030. The molecule has 0 saturated heterocycles. The quantitative estimate of drug-likeness (QED) is 0.609. The third-order valence-electron chi connectivity index (χ3n) is 5.15. The lowest BCUT2D eigenvalue weighted by Crippen LogP contribution is -2.04. The number of benzene rings is 1. The van der Waals surface area contributed by atoms with Crippen LogP contribution < -0.4 is 5.73 Å². The van der Waals surface area contributed by atoms with Crippen LogP contribution >= 0.6 is 0 Å². The molecule has 0 radical (unpaired) electrons. The van der Waals surface area contributed by atoms with Crippen LogP contribution in [0.1, 0.15) is 26.0 Å². The van der Waals surface area contributed by atoms with Crippen LogP contribution in [0.15, 0.2) is 78.4 Å². The highest BCUT2D eigenvalue weighted by Crippen LogP contribution is 2.31. The van der Waals surface area contributed by atoms with Crippen molar-refractivity contribution in [3.8, 4) is 22.6 Å². The molecule has 0 spiro atoms. The van der Waals surface area contributed by atoms with E-state index >= 15 is 0 Å². The molecule has 1 aromatic carbocycles. The van der Waals surface area contributed by atoms with E-state index in [1.54, 1.807) is 0 Å². The van der Waals surface area contributed by atoms with Gasteiger partial charge in [0, 0.05) is 11.3 Å². The topological polar surface area (TPSA) is 51.8 Å². The summed E-state index contributed by atoms with van der Waals surface area (Å²) in [7, 11) is 0. The number of rotatable bonds is 3. The number of aromatic nitrogens is 2. The summed E-state index contributed by atoms with van der Waals surface area (Å²) >= 11 is 0. The highest BCUT2D eigenvalue weighted by molar-refractivity contribution is 5.70. The predicted molar refractivity (Wildman–Crippen MR) is 113 cm³/mol. The average molecular weight is 353 g/mol. The van der Waals surface area contributed by atoms with E-state index in [1.807, 2.05) is 48.5 Å². The van der Waals surface area contributed by atoms with Crippen LogP contribution in [0.5, 0.6) is 0 Å². The largest absolute Gasteiger partial charge is 0.399 e. The zero-order valence-electron chi connectivity index (χ0n) is 15.7. The van der Waals surface area contributed by atoms with Crippen LogP contribution in [-0.4, -0.2) is 9.97 Å². The molecule has 1 aliphatic carbocycles. The van der Waals surface area contributed by atoms with Gasteiger partial charge in [0.1, 0.15) is 0 Å². The van der Waals surface area contributed by atoms with Gasteiger partial charge in [-0.3, -0.25) is 0 Å². The molecule has 27 heavy (non-hydrogen) atoms. The summed E-state index contributed by atoms with van der Waals surface area (Å²) in [6, 6.07) is 20.0. The molecule has 4 rings (SSSR count). The number of nitrogens with two attached hydrogens (primary N) is 1. The Labute approximate surface area is 160 Å². The van der Waals surface area contributed by atoms with Crippen molar-refractivity contribution in [1.82, 2.24) is 9.97 Å². The first-order valence-corrected chi connectivity index (χ1v) is 9.28. The highest BCUT2D eigenvalue weighted by atomic mass is 14.8. The SMILES string of the molecule is CC1=CC=C(c2cccc(-c3cccc(-c4ccc(N)cc4)n3)n2)CC1C. The van der Waals surface area contributed by atoms with E-state index in [-0.39, 0.29) is 0 Å². The van der Waals surface area contributed by atoms with Crippen molar-refractivity contribution in [1.29, 1.82) is 0 Å². The number of nitrogens with zero attached hydrogens (tertiary/aromatic N) is 2. The lowest BCUT2D eigenvalue weighted by molar-refractivity contribution is 0.696. The summed E-state index contributed by atoms with van der Waals surface area (Å²) in [4.78, 5) is 9.72. The van der Waals surface area contributed by atoms with Crippen molar-refractivity contribution < 1.29 is 0 Å². The van der Waals surface area contributed by atoms with E-state index in [0.717, 1.165) is 40.4 Å². The summed E-state index contributed by atoms with van der Waals surface area (Å²) in [6.07, 6.45) is 5.43. The van der Waals surface area contributed by atoms with E-state index in [4.69, 9.17) is 15.7 Å². The summed E-state index contributed by atoms with van der Waals surface area (Å²) in [5.74, 6) is 0.558. The van der Waals surface area contributed by atoms with E-state index < -0.39 is 0 Å². The van der Waals surface area contributed by atoms with Crippen LogP contribution in [0.2, 0.25) is 0 Å². The molecule has 0 bridgehead atoms. The molecular formula is C24H23N3. The molecule has 2 aromatic heterocycles. The molecule has 2 heterocycles. The number of nitrogen functional groups attached to an aromatic ring is 1. The van der Waals surface area contributed by atoms with Gasteiger partial charge in [0.15, 0.2) is 0 Å². The predicted octanol–water partition coefficient (Wildman–Crippen LogP) is 5.76. The normalized spacial score (nSPS) is 16.6. The average Bonchev–Trinajstić information content (AvgIpc) is 2.71. The molecule has 0 fully saturated rings. The van der Waals surface area contributed by atoms with Crippen molar-refractivity contribution in [2.75, 3.05) is 5.73 Å². The monoisotopic (exact) mass is 353 g/mol. The number of hydrogen-bond acceptors (Lipinski definition) is 3. The minimum absolute atomic E-state index is 0.558. The van der Waals surface area contributed by atoms with E-state index in [1.165, 1.54) is 11.1 Å². The first kappa shape index (κ1) is 17.2. The van der Waals surface area contributed by atoms with Gasteiger partial charge in [-0.05, 0) is 61.2 Å². The number of hydrogen-bond donors (Lipinski definition) is 1. The van der Waals surface area contributed by atoms with E-state index in [9.17, 15) is 0 Å². The highest BCUT2D eigenvalue weighted by Gasteiger charge is 2.15. The molecule has 1 aliphatic rings. The fourth-order valence-electron chi connectivity index (χ4n) is 3.29. The van der Waals surface area contributed by atoms with Crippen molar-refractivity contribution in [2.24, 2.45) is 5.92 Å². The maximum atomic E-state index is 5.79. The Balaban J connectivity index is 1.69. The van der Waals surface area contributed by atoms with Gasteiger partial charge in [-0.15, -0.1) is 0 Å². The zero-order chi connectivity index (χ0) is 18.8. The smallest absolute Gasteiger partial charge is 0.0893 e. The van der Waals surface area contributed by atoms with Crippen LogP contribution in [0.3, 0.4) is 0 Å². The summed E-state index contributed by atoms with van der Waals surface area (Å²) in [5.41, 5.74) is 14.0. The molecule has 0 aliphatic heterocycles. The van der Waals surface area contributed by atoms with E-state index in [0.29, 0.717) is 5.92 Å². The van der Waals surface area contributed by atoms with Gasteiger partial charge in [0.05, 0.1) is 22.8 Å². The van der Waals surface area contributed by atoms with Crippen molar-refractivity contribution in [3.05, 3.63) is 84.1 Å². The molecule has 3 nitrogen and oxygen atoms in total. The van der Waals surface area contributed by atoms with Crippen LogP contribution in [0, 0.1) is 5.92 Å². The minimum Gasteiger partial charge on any atom is -0.399 e. The fraction of sp³-hybridized carbons (Fsp3) is 0.167. The van der Waals surface area contributed by atoms with Crippen molar-refractivity contribution in [3.63, 3.8) is 0 Å². The van der Waals surface area contributed by atoms with Gasteiger partial charge >= 0.3 is 0 Å². The van der Waals surface area contributed by atoms with Gasteiger partial charge in [-0.1, -0.05) is 48.9 Å². The summed E-state index contributed by atoms with van der Waals surface area (Å²) in [6.45, 7) is 4.45. The molecular weight excluding hydrogens is 330 g/mol. The van der Waals surface area contributed by atoms with E-state index in [2.05, 4.69) is 38.1 Å². The maximum Gasteiger partial charge on any atom is 0.0893 e. The van der Waals surface area contributed by atoms with Gasteiger partial charge in [-0.2, -0.15) is 0 Å². The zero-order valence-corrected chi connectivity index (χ0v) is 15.7. The second-order valence-electron chi connectivity index (χ2n) is 7.15. The second-order valence-corrected chi connectivity index (χ2v) is 7.15. The number of pyridine rings is 2. The standard InChI is InChI=1S/C24H23N3/c1-16-9-10-19(15-17(16)2)22-6-4-8-24(27-22)23-7-3-5-21(26-23)18-11-13-20(25)14-12-18/h3-14,17H,15,25H2,1-2H3. The molecule has 134 valence electrons. The third kappa shape index (κ3) is 3.68. The summed E-state index contributed by atoms with van der Waals surface area (Å²) < 4.78 is 0. The first-order chi connectivity index (χ1) is 13.1. The van der Waals surface area contributed by atoms with Crippen LogP contribution in [0.25, 0.3) is 28.2 Å². The Morgan fingerprint density at radius 2 is 1.37 bits per heavy atom. The molecule has 1 unspecified atom stereocenters.